The van der Waals surface area contributed by atoms with Gasteiger partial charge in [-0.1, -0.05) is 6.92 Å². The first-order valence-corrected chi connectivity index (χ1v) is 7.96. The third kappa shape index (κ3) is 4.65. The molecule has 1 fully saturated rings. The van der Waals surface area contributed by atoms with Gasteiger partial charge in [-0.2, -0.15) is 0 Å². The smallest absolute Gasteiger partial charge is 0.327 e. The van der Waals surface area contributed by atoms with Crippen LogP contribution in [0.4, 0.5) is 10.5 Å². The van der Waals surface area contributed by atoms with Gasteiger partial charge < -0.3 is 15.0 Å². The number of nitrogens with zero attached hydrogens (tertiary/aromatic N) is 2. The van der Waals surface area contributed by atoms with E-state index in [4.69, 9.17) is 4.74 Å². The Morgan fingerprint density at radius 3 is 2.35 bits per heavy atom. The Kier molecular flexibility index (Phi) is 6.05. The summed E-state index contributed by atoms with van der Waals surface area (Å²) >= 11 is 0. The minimum Gasteiger partial charge on any atom is -0.456 e. The molecule has 0 aliphatic carbocycles. The van der Waals surface area contributed by atoms with Gasteiger partial charge in [0.15, 0.2) is 12.4 Å². The number of carbonyl (C=O) groups excluding carboxylic acids is 5. The van der Waals surface area contributed by atoms with Crippen LogP contribution in [0.5, 0.6) is 0 Å². The predicted molar refractivity (Wildman–Crippen MR) is 90.4 cm³/mol. The van der Waals surface area contributed by atoms with Crippen molar-refractivity contribution in [3.63, 3.8) is 0 Å². The van der Waals surface area contributed by atoms with E-state index in [1.807, 2.05) is 0 Å². The van der Waals surface area contributed by atoms with E-state index in [0.717, 1.165) is 4.90 Å². The molecular formula is C17H19N3O6. The molecular weight excluding hydrogens is 342 g/mol. The number of hydrogen-bond donors (Lipinski definition) is 1. The predicted octanol–water partition coefficient (Wildman–Crippen LogP) is 0.655. The molecule has 1 aliphatic rings. The SMILES string of the molecule is CCC(=O)Nc1ccc(C(=O)COC(=O)CN2C(=O)CN(C)C2=O)cc1. The standard InChI is InChI=1S/C17H19N3O6/c1-3-14(22)18-12-6-4-11(5-7-12)13(21)10-26-16(24)9-20-15(23)8-19(2)17(20)25/h4-7H,3,8-10H2,1-2H3,(H,18,22). The number of urea groups is 1. The Balaban J connectivity index is 1.84. The second-order valence-electron chi connectivity index (χ2n) is 5.68. The maximum absolute atomic E-state index is 12.0. The number of carbonyl (C=O) groups is 5. The molecule has 1 aromatic carbocycles. The van der Waals surface area contributed by atoms with Gasteiger partial charge in [0.2, 0.25) is 5.91 Å². The molecule has 9 heteroatoms. The summed E-state index contributed by atoms with van der Waals surface area (Å²) in [6.45, 7) is 0.595. The van der Waals surface area contributed by atoms with E-state index < -0.39 is 36.8 Å². The number of nitrogens with one attached hydrogen (secondary N) is 1. The van der Waals surface area contributed by atoms with Crippen molar-refractivity contribution in [3.05, 3.63) is 29.8 Å². The summed E-state index contributed by atoms with van der Waals surface area (Å²) in [5.41, 5.74) is 0.862. The van der Waals surface area contributed by atoms with Crippen LogP contribution in [-0.2, 0) is 19.1 Å². The zero-order chi connectivity index (χ0) is 19.3. The molecule has 0 unspecified atom stereocenters. The number of benzene rings is 1. The molecule has 1 aromatic rings. The normalized spacial score (nSPS) is 13.8. The fourth-order valence-electron chi connectivity index (χ4n) is 2.22. The minimum absolute atomic E-state index is 0.0913. The maximum atomic E-state index is 12.0. The van der Waals surface area contributed by atoms with E-state index in [9.17, 15) is 24.0 Å². The molecule has 0 saturated carbocycles. The molecule has 4 amide bonds. The van der Waals surface area contributed by atoms with Crippen LogP contribution in [0.25, 0.3) is 0 Å². The highest BCUT2D eigenvalue weighted by Gasteiger charge is 2.35. The highest BCUT2D eigenvalue weighted by molar-refractivity contribution is 6.04. The number of esters is 1. The lowest BCUT2D eigenvalue weighted by molar-refractivity contribution is -0.145. The van der Waals surface area contributed by atoms with Crippen molar-refractivity contribution in [1.29, 1.82) is 0 Å². The first-order valence-electron chi connectivity index (χ1n) is 7.96. The molecule has 1 heterocycles. The highest BCUT2D eigenvalue weighted by Crippen LogP contribution is 2.11. The highest BCUT2D eigenvalue weighted by atomic mass is 16.5. The van der Waals surface area contributed by atoms with Crippen molar-refractivity contribution in [3.8, 4) is 0 Å². The molecule has 9 nitrogen and oxygen atoms in total. The number of likely N-dealkylation sites (N-methyl/N-ethyl adjacent to an activating group) is 1. The van der Waals surface area contributed by atoms with E-state index >= 15 is 0 Å². The van der Waals surface area contributed by atoms with Gasteiger partial charge >= 0.3 is 12.0 Å². The van der Waals surface area contributed by atoms with E-state index in [1.54, 1.807) is 19.1 Å². The van der Waals surface area contributed by atoms with Crippen LogP contribution in [0.2, 0.25) is 0 Å². The van der Waals surface area contributed by atoms with Gasteiger partial charge in [-0.15, -0.1) is 0 Å². The zero-order valence-electron chi connectivity index (χ0n) is 14.5. The van der Waals surface area contributed by atoms with Crippen molar-refractivity contribution >= 4 is 35.3 Å². The van der Waals surface area contributed by atoms with Crippen LogP contribution in [0.3, 0.4) is 0 Å². The molecule has 1 aliphatic heterocycles. The first-order chi connectivity index (χ1) is 12.3. The van der Waals surface area contributed by atoms with Crippen LogP contribution in [0.1, 0.15) is 23.7 Å². The largest absolute Gasteiger partial charge is 0.456 e. The van der Waals surface area contributed by atoms with Crippen LogP contribution < -0.4 is 5.32 Å². The van der Waals surface area contributed by atoms with Crippen molar-refractivity contribution in [2.45, 2.75) is 13.3 Å². The summed E-state index contributed by atoms with van der Waals surface area (Å²) < 4.78 is 4.84. The average molecular weight is 361 g/mol. The van der Waals surface area contributed by atoms with Crippen molar-refractivity contribution in [2.75, 3.05) is 32.1 Å². The van der Waals surface area contributed by atoms with Gasteiger partial charge in [-0.25, -0.2) is 4.79 Å². The Bertz CT molecular complexity index is 743. The Morgan fingerprint density at radius 2 is 1.81 bits per heavy atom. The molecule has 26 heavy (non-hydrogen) atoms. The monoisotopic (exact) mass is 361 g/mol. The lowest BCUT2D eigenvalue weighted by Crippen LogP contribution is -2.37. The van der Waals surface area contributed by atoms with Gasteiger partial charge in [0, 0.05) is 24.7 Å². The number of rotatable bonds is 7. The number of hydrogen-bond acceptors (Lipinski definition) is 6. The number of Topliss-reactive ketones (excluding diaryl/α,β-unsaturated/α-hetero) is 1. The van der Waals surface area contributed by atoms with Gasteiger partial charge in [0.25, 0.3) is 5.91 Å². The van der Waals surface area contributed by atoms with Gasteiger partial charge in [0.1, 0.15) is 13.1 Å². The summed E-state index contributed by atoms with van der Waals surface area (Å²) in [7, 11) is 1.45. The van der Waals surface area contributed by atoms with Gasteiger partial charge in [0.05, 0.1) is 0 Å². The first kappa shape index (κ1) is 19.1. The van der Waals surface area contributed by atoms with Gasteiger partial charge in [-0.05, 0) is 24.3 Å². The minimum atomic E-state index is -0.845. The Hall–Kier alpha value is -3.23. The van der Waals surface area contributed by atoms with E-state index in [-0.39, 0.29) is 12.5 Å². The van der Waals surface area contributed by atoms with Gasteiger partial charge in [-0.3, -0.25) is 24.1 Å². The average Bonchev–Trinajstić information content (AvgIpc) is 2.86. The third-order valence-electron chi connectivity index (χ3n) is 3.69. The fourth-order valence-corrected chi connectivity index (χ4v) is 2.22. The molecule has 1 saturated heterocycles. The van der Waals surface area contributed by atoms with Crippen LogP contribution in [0.15, 0.2) is 24.3 Å². The zero-order valence-corrected chi connectivity index (χ0v) is 14.5. The number of ketones is 1. The lowest BCUT2D eigenvalue weighted by Gasteiger charge is -2.13. The molecule has 0 bridgehead atoms. The second kappa shape index (κ2) is 8.24. The second-order valence-corrected chi connectivity index (χ2v) is 5.68. The van der Waals surface area contributed by atoms with E-state index in [2.05, 4.69) is 5.32 Å². The summed E-state index contributed by atoms with van der Waals surface area (Å²) in [6, 6.07) is 5.57. The summed E-state index contributed by atoms with van der Waals surface area (Å²) in [5, 5.41) is 2.65. The van der Waals surface area contributed by atoms with Crippen molar-refractivity contribution < 1.29 is 28.7 Å². The van der Waals surface area contributed by atoms with Crippen LogP contribution in [0, 0.1) is 0 Å². The van der Waals surface area contributed by atoms with Crippen LogP contribution in [-0.4, -0.2) is 66.1 Å². The summed E-state index contributed by atoms with van der Waals surface area (Å²) in [4.78, 5) is 60.3. The molecule has 1 N–H and O–H groups in total. The van der Waals surface area contributed by atoms with E-state index in [0.29, 0.717) is 17.7 Å². The fraction of sp³-hybridized carbons (Fsp3) is 0.353. The van der Waals surface area contributed by atoms with Crippen molar-refractivity contribution in [1.82, 2.24) is 9.80 Å². The van der Waals surface area contributed by atoms with Crippen molar-refractivity contribution in [2.24, 2.45) is 0 Å². The molecule has 138 valence electrons. The van der Waals surface area contributed by atoms with Crippen LogP contribution >= 0.6 is 0 Å². The molecule has 0 aromatic heterocycles. The summed E-state index contributed by atoms with van der Waals surface area (Å²) in [5.74, 6) is -1.93. The van der Waals surface area contributed by atoms with E-state index in [1.165, 1.54) is 24.1 Å². The number of anilines is 1. The molecule has 0 spiro atoms. The Morgan fingerprint density at radius 1 is 1.15 bits per heavy atom. The summed E-state index contributed by atoms with van der Waals surface area (Å²) in [6.07, 6.45) is 0.342. The maximum Gasteiger partial charge on any atom is 0.327 e. The topological polar surface area (TPSA) is 113 Å². The number of ether oxygens (including phenoxy) is 1. The lowest BCUT2D eigenvalue weighted by atomic mass is 10.1. The number of amides is 4. The molecule has 0 radical (unpaired) electrons. The quantitative estimate of drug-likeness (QED) is 0.433. The number of imide groups is 1. The third-order valence-corrected chi connectivity index (χ3v) is 3.69. The Labute approximate surface area is 149 Å². The molecule has 2 rings (SSSR count). The molecule has 0 atom stereocenters.